The number of ether oxygens (including phenoxy) is 1. The predicted octanol–water partition coefficient (Wildman–Crippen LogP) is 2.61. The maximum absolute atomic E-state index is 12.3. The van der Waals surface area contributed by atoms with Crippen molar-refractivity contribution in [3.63, 3.8) is 0 Å². The summed E-state index contributed by atoms with van der Waals surface area (Å²) in [7, 11) is 0. The highest BCUT2D eigenvalue weighted by molar-refractivity contribution is 5.78. The molecule has 26 heavy (non-hydrogen) atoms. The van der Waals surface area contributed by atoms with E-state index in [-0.39, 0.29) is 11.7 Å². The summed E-state index contributed by atoms with van der Waals surface area (Å²) >= 11 is 0. The summed E-state index contributed by atoms with van der Waals surface area (Å²) < 4.78 is 8.08. The molecule has 1 aliphatic rings. The van der Waals surface area contributed by atoms with E-state index < -0.39 is 0 Å². The second-order valence-electron chi connectivity index (χ2n) is 6.75. The van der Waals surface area contributed by atoms with Crippen LogP contribution in [0.5, 0.6) is 0 Å². The van der Waals surface area contributed by atoms with Gasteiger partial charge < -0.3 is 19.6 Å². The van der Waals surface area contributed by atoms with Crippen molar-refractivity contribution in [1.29, 1.82) is 0 Å². The summed E-state index contributed by atoms with van der Waals surface area (Å²) in [4.78, 5) is 19.7. The van der Waals surface area contributed by atoms with Crippen LogP contribution < -0.4 is 10.9 Å². The third-order valence-corrected chi connectivity index (χ3v) is 5.11. The Bertz CT molecular complexity index is 946. The Balaban J connectivity index is 1.43. The molecule has 1 aromatic carbocycles. The summed E-state index contributed by atoms with van der Waals surface area (Å²) in [5, 5.41) is 4.49. The Morgan fingerprint density at radius 1 is 1.38 bits per heavy atom. The number of H-pyrrole nitrogens is 1. The molecule has 0 radical (unpaired) electrons. The van der Waals surface area contributed by atoms with Crippen LogP contribution in [0.3, 0.4) is 0 Å². The standard InChI is InChI=1S/C20H24N4O2/c1-2-24-9-8-22-19(24)18-15(7-10-26-18)12-21-13-16-11-14-5-3-4-6-17(14)23-20(16)25/h3-6,8-9,11,15,18,21H,2,7,10,12-13H2,1H3,(H,23,25)/t15-,18+/m0/s1. The number of fused-ring (bicyclic) bond motifs is 1. The van der Waals surface area contributed by atoms with E-state index in [0.29, 0.717) is 12.5 Å². The van der Waals surface area contributed by atoms with Crippen LogP contribution in [0.15, 0.2) is 47.5 Å². The molecule has 0 spiro atoms. The number of imidazole rings is 1. The van der Waals surface area contributed by atoms with E-state index in [0.717, 1.165) is 48.4 Å². The van der Waals surface area contributed by atoms with Crippen molar-refractivity contribution in [2.75, 3.05) is 13.2 Å². The van der Waals surface area contributed by atoms with Gasteiger partial charge in [0.2, 0.25) is 0 Å². The number of aromatic amines is 1. The van der Waals surface area contributed by atoms with Crippen molar-refractivity contribution in [1.82, 2.24) is 19.9 Å². The fourth-order valence-corrected chi connectivity index (χ4v) is 3.69. The van der Waals surface area contributed by atoms with Crippen molar-refractivity contribution in [3.8, 4) is 0 Å². The van der Waals surface area contributed by atoms with Gasteiger partial charge in [-0.3, -0.25) is 4.79 Å². The minimum atomic E-state index is -0.0306. The highest BCUT2D eigenvalue weighted by Crippen LogP contribution is 2.33. The lowest BCUT2D eigenvalue weighted by Crippen LogP contribution is -2.28. The van der Waals surface area contributed by atoms with Gasteiger partial charge in [0.05, 0.1) is 0 Å². The van der Waals surface area contributed by atoms with Crippen LogP contribution in [-0.2, 0) is 17.8 Å². The molecule has 136 valence electrons. The maximum Gasteiger partial charge on any atom is 0.252 e. The third-order valence-electron chi connectivity index (χ3n) is 5.11. The monoisotopic (exact) mass is 352 g/mol. The molecule has 0 aliphatic carbocycles. The Labute approximate surface area is 152 Å². The first-order chi connectivity index (χ1) is 12.8. The highest BCUT2D eigenvalue weighted by atomic mass is 16.5. The molecule has 6 heteroatoms. The Kier molecular flexibility index (Phi) is 4.86. The summed E-state index contributed by atoms with van der Waals surface area (Å²) in [5.74, 6) is 1.36. The maximum atomic E-state index is 12.3. The molecule has 3 heterocycles. The van der Waals surface area contributed by atoms with Gasteiger partial charge in [-0.05, 0) is 30.9 Å². The van der Waals surface area contributed by atoms with Crippen molar-refractivity contribution in [2.24, 2.45) is 5.92 Å². The first kappa shape index (κ1) is 17.0. The van der Waals surface area contributed by atoms with Gasteiger partial charge in [0.15, 0.2) is 0 Å². The molecule has 2 aromatic heterocycles. The Morgan fingerprint density at radius 2 is 2.27 bits per heavy atom. The van der Waals surface area contributed by atoms with Crippen LogP contribution in [0, 0.1) is 5.92 Å². The number of benzene rings is 1. The van der Waals surface area contributed by atoms with Crippen molar-refractivity contribution in [2.45, 2.75) is 32.5 Å². The Morgan fingerprint density at radius 3 is 3.15 bits per heavy atom. The van der Waals surface area contributed by atoms with E-state index in [1.165, 1.54) is 0 Å². The number of aromatic nitrogens is 3. The first-order valence-corrected chi connectivity index (χ1v) is 9.20. The van der Waals surface area contributed by atoms with E-state index in [2.05, 4.69) is 26.8 Å². The molecule has 2 N–H and O–H groups in total. The van der Waals surface area contributed by atoms with Gasteiger partial charge in [-0.1, -0.05) is 18.2 Å². The fraction of sp³-hybridized carbons (Fsp3) is 0.400. The molecule has 4 rings (SSSR count). The van der Waals surface area contributed by atoms with Crippen LogP contribution in [-0.4, -0.2) is 27.7 Å². The lowest BCUT2D eigenvalue weighted by atomic mass is 10.0. The number of rotatable bonds is 6. The van der Waals surface area contributed by atoms with E-state index in [9.17, 15) is 4.79 Å². The second kappa shape index (κ2) is 7.43. The largest absolute Gasteiger partial charge is 0.370 e. The van der Waals surface area contributed by atoms with E-state index in [1.807, 2.05) is 42.7 Å². The topological polar surface area (TPSA) is 71.9 Å². The summed E-state index contributed by atoms with van der Waals surface area (Å²) in [6, 6.07) is 9.81. The normalized spacial score (nSPS) is 20.0. The molecule has 2 atom stereocenters. The van der Waals surface area contributed by atoms with E-state index in [4.69, 9.17) is 4.74 Å². The average Bonchev–Trinajstić information content (AvgIpc) is 3.30. The quantitative estimate of drug-likeness (QED) is 0.715. The van der Waals surface area contributed by atoms with E-state index >= 15 is 0 Å². The SMILES string of the molecule is CCn1ccnc1[C@@H]1OCC[C@H]1CNCc1cc2ccccc2[nH]c1=O. The van der Waals surface area contributed by atoms with Crippen molar-refractivity contribution >= 4 is 10.9 Å². The number of hydrogen-bond acceptors (Lipinski definition) is 4. The van der Waals surface area contributed by atoms with Gasteiger partial charge in [0, 0.05) is 55.6 Å². The molecule has 1 saturated heterocycles. The number of pyridine rings is 1. The van der Waals surface area contributed by atoms with Gasteiger partial charge >= 0.3 is 0 Å². The number of hydrogen-bond donors (Lipinski definition) is 2. The van der Waals surface area contributed by atoms with Crippen LogP contribution in [0.4, 0.5) is 0 Å². The predicted molar refractivity (Wildman–Crippen MR) is 101 cm³/mol. The fourth-order valence-electron chi connectivity index (χ4n) is 3.69. The Hall–Kier alpha value is -2.44. The van der Waals surface area contributed by atoms with Crippen LogP contribution in [0.2, 0.25) is 0 Å². The number of nitrogens with zero attached hydrogens (tertiary/aromatic N) is 2. The van der Waals surface area contributed by atoms with Crippen molar-refractivity contribution < 1.29 is 4.74 Å². The molecule has 0 amide bonds. The van der Waals surface area contributed by atoms with Gasteiger partial charge in [0.1, 0.15) is 11.9 Å². The number of aryl methyl sites for hydroxylation is 1. The average molecular weight is 352 g/mol. The molecule has 1 aliphatic heterocycles. The third kappa shape index (κ3) is 3.30. The smallest absolute Gasteiger partial charge is 0.252 e. The molecule has 0 unspecified atom stereocenters. The number of para-hydroxylation sites is 1. The molecule has 6 nitrogen and oxygen atoms in total. The molecular formula is C20H24N4O2. The lowest BCUT2D eigenvalue weighted by molar-refractivity contribution is 0.0804. The van der Waals surface area contributed by atoms with Crippen LogP contribution >= 0.6 is 0 Å². The summed E-state index contributed by atoms with van der Waals surface area (Å²) in [6.07, 6.45) is 4.85. The zero-order valence-corrected chi connectivity index (χ0v) is 14.9. The minimum Gasteiger partial charge on any atom is -0.370 e. The zero-order valence-electron chi connectivity index (χ0n) is 14.9. The second-order valence-corrected chi connectivity index (χ2v) is 6.75. The van der Waals surface area contributed by atoms with Gasteiger partial charge in [0.25, 0.3) is 5.56 Å². The van der Waals surface area contributed by atoms with Crippen molar-refractivity contribution in [3.05, 3.63) is 64.5 Å². The molecular weight excluding hydrogens is 328 g/mol. The van der Waals surface area contributed by atoms with E-state index in [1.54, 1.807) is 0 Å². The zero-order chi connectivity index (χ0) is 17.9. The minimum absolute atomic E-state index is 0.0207. The molecule has 0 saturated carbocycles. The summed E-state index contributed by atoms with van der Waals surface area (Å²) in [6.45, 7) is 5.10. The molecule has 0 bridgehead atoms. The van der Waals surface area contributed by atoms with Crippen LogP contribution in [0.1, 0.15) is 30.8 Å². The highest BCUT2D eigenvalue weighted by Gasteiger charge is 2.32. The van der Waals surface area contributed by atoms with Gasteiger partial charge in [-0.15, -0.1) is 0 Å². The molecule has 3 aromatic rings. The first-order valence-electron chi connectivity index (χ1n) is 9.20. The van der Waals surface area contributed by atoms with Crippen LogP contribution in [0.25, 0.3) is 10.9 Å². The van der Waals surface area contributed by atoms with Gasteiger partial charge in [-0.25, -0.2) is 4.98 Å². The lowest BCUT2D eigenvalue weighted by Gasteiger charge is -2.19. The molecule has 1 fully saturated rings. The summed E-state index contributed by atoms with van der Waals surface area (Å²) in [5.41, 5.74) is 1.60. The number of nitrogens with one attached hydrogen (secondary N) is 2. The van der Waals surface area contributed by atoms with Gasteiger partial charge in [-0.2, -0.15) is 0 Å².